The summed E-state index contributed by atoms with van der Waals surface area (Å²) in [7, 11) is 0. The number of nitrogens with two attached hydrogens (primary N) is 2. The second kappa shape index (κ2) is 16.4. The number of hydrogen-bond acceptors (Lipinski definition) is 8. The van der Waals surface area contributed by atoms with Gasteiger partial charge in [0.15, 0.2) is 0 Å². The van der Waals surface area contributed by atoms with Crippen molar-refractivity contribution in [1.82, 2.24) is 0 Å². The summed E-state index contributed by atoms with van der Waals surface area (Å²) in [5.41, 5.74) is 9.88. The number of hydrogen-bond donors (Lipinski definition) is 4. The molecule has 0 heterocycles. The number of aliphatic carboxylic acids is 4. The van der Waals surface area contributed by atoms with Crippen LogP contribution < -0.4 is 21.7 Å². The Morgan fingerprint density at radius 1 is 0.818 bits per heavy atom. The van der Waals surface area contributed by atoms with E-state index in [-0.39, 0.29) is 68.9 Å². The monoisotopic (exact) mass is 350 g/mol. The van der Waals surface area contributed by atoms with Crippen LogP contribution in [0, 0.1) is 0 Å². The zero-order valence-corrected chi connectivity index (χ0v) is 13.9. The molecular formula is C10H18CaN2O9. The van der Waals surface area contributed by atoms with Gasteiger partial charge in [-0.05, 0) is 12.8 Å². The van der Waals surface area contributed by atoms with Crippen molar-refractivity contribution < 1.29 is 45.1 Å². The van der Waals surface area contributed by atoms with Crippen LogP contribution in [0.2, 0.25) is 0 Å². The largest absolute Gasteiger partial charge is 2.00 e. The Balaban J connectivity index is -0.000000135. The molecule has 0 saturated heterocycles. The Labute approximate surface area is 155 Å². The number of carboxylic acids is 4. The van der Waals surface area contributed by atoms with E-state index in [4.69, 9.17) is 21.7 Å². The molecule has 0 unspecified atom stereocenters. The minimum Gasteiger partial charge on any atom is -0.548 e. The van der Waals surface area contributed by atoms with E-state index < -0.39 is 36.0 Å². The third-order valence-electron chi connectivity index (χ3n) is 1.94. The van der Waals surface area contributed by atoms with Crippen LogP contribution in [0.4, 0.5) is 0 Å². The van der Waals surface area contributed by atoms with Crippen molar-refractivity contribution >= 4 is 61.6 Å². The predicted octanol–water partition coefficient (Wildman–Crippen LogP) is -5.35. The van der Waals surface area contributed by atoms with Gasteiger partial charge in [0, 0.05) is 24.9 Å². The van der Waals surface area contributed by atoms with Gasteiger partial charge in [-0.25, -0.2) is 0 Å². The van der Waals surface area contributed by atoms with E-state index in [0.717, 1.165) is 0 Å². The van der Waals surface area contributed by atoms with Crippen LogP contribution in [0.5, 0.6) is 0 Å². The van der Waals surface area contributed by atoms with E-state index in [1.165, 1.54) is 0 Å². The van der Waals surface area contributed by atoms with E-state index in [1.807, 2.05) is 0 Å². The van der Waals surface area contributed by atoms with Gasteiger partial charge in [-0.2, -0.15) is 0 Å². The summed E-state index contributed by atoms with van der Waals surface area (Å²) >= 11 is 0. The topological polar surface area (TPSA) is 238 Å². The summed E-state index contributed by atoms with van der Waals surface area (Å²) in [6.07, 6.45) is -0.653. The van der Waals surface area contributed by atoms with Gasteiger partial charge in [0.25, 0.3) is 0 Å². The average molecular weight is 350 g/mol. The van der Waals surface area contributed by atoms with E-state index in [2.05, 4.69) is 0 Å². The third kappa shape index (κ3) is 21.3. The van der Waals surface area contributed by atoms with Crippen LogP contribution in [0.15, 0.2) is 0 Å². The zero-order chi connectivity index (χ0) is 16.3. The Kier molecular flexibility index (Phi) is 21.7. The van der Waals surface area contributed by atoms with Gasteiger partial charge in [-0.15, -0.1) is 0 Å². The third-order valence-corrected chi connectivity index (χ3v) is 1.94. The molecule has 0 aromatic heterocycles. The predicted molar refractivity (Wildman–Crippen MR) is 69.1 cm³/mol. The van der Waals surface area contributed by atoms with Crippen molar-refractivity contribution in [3.05, 3.63) is 0 Å². The number of carbonyl (C=O) groups excluding carboxylic acids is 2. The first-order valence-electron chi connectivity index (χ1n) is 5.44. The Hall–Kier alpha value is -0.980. The van der Waals surface area contributed by atoms with E-state index >= 15 is 0 Å². The molecule has 0 aromatic carbocycles. The first-order chi connectivity index (χ1) is 9.07. The van der Waals surface area contributed by atoms with Gasteiger partial charge in [0.1, 0.15) is 0 Å². The fourth-order valence-electron chi connectivity index (χ4n) is 0.794. The van der Waals surface area contributed by atoms with Crippen LogP contribution in [0.1, 0.15) is 25.7 Å². The summed E-state index contributed by atoms with van der Waals surface area (Å²) in [4.78, 5) is 39.5. The van der Waals surface area contributed by atoms with Crippen LogP contribution in [0.3, 0.4) is 0 Å². The Bertz CT molecular complexity index is 330. The molecule has 0 bridgehead atoms. The summed E-state index contributed by atoms with van der Waals surface area (Å²) < 4.78 is 0. The van der Waals surface area contributed by atoms with Crippen LogP contribution in [-0.2, 0) is 19.2 Å². The van der Waals surface area contributed by atoms with Gasteiger partial charge in [-0.1, -0.05) is 0 Å². The van der Waals surface area contributed by atoms with Crippen molar-refractivity contribution in [2.75, 3.05) is 0 Å². The molecule has 0 saturated carbocycles. The molecule has 0 spiro atoms. The van der Waals surface area contributed by atoms with Crippen LogP contribution in [-0.4, -0.2) is 89.4 Å². The quantitative estimate of drug-likeness (QED) is 0.303. The molecule has 8 N–H and O–H groups in total. The molecule has 2 atom stereocenters. The molecule has 0 fully saturated rings. The molecular weight excluding hydrogens is 332 g/mol. The molecule has 22 heavy (non-hydrogen) atoms. The maximum atomic E-state index is 9.88. The summed E-state index contributed by atoms with van der Waals surface area (Å²) in [6.45, 7) is 0. The molecule has 124 valence electrons. The molecule has 0 aromatic rings. The number of rotatable bonds is 8. The van der Waals surface area contributed by atoms with Gasteiger partial charge in [0.05, 0.1) is 11.9 Å². The molecule has 0 aliphatic heterocycles. The minimum atomic E-state index is -1.42. The maximum Gasteiger partial charge on any atom is 2.00 e. The fraction of sp³-hybridized carbons (Fsp3) is 0.600. The second-order valence-electron chi connectivity index (χ2n) is 3.72. The van der Waals surface area contributed by atoms with E-state index in [0.29, 0.717) is 0 Å². The average Bonchev–Trinajstić information content (AvgIpc) is 2.33. The number of carbonyl (C=O) groups is 4. The minimum absolute atomic E-state index is 0. The smallest absolute Gasteiger partial charge is 0.548 e. The molecule has 0 aliphatic carbocycles. The van der Waals surface area contributed by atoms with Crippen molar-refractivity contribution in [3.8, 4) is 0 Å². The molecule has 0 radical (unpaired) electrons. The van der Waals surface area contributed by atoms with Crippen molar-refractivity contribution in [2.45, 2.75) is 37.8 Å². The SMILES string of the molecule is N[C@@H](CCC(=O)O)C(=O)[O-].N[C@@H](CCC(=O)O)C(=O)[O-].O.[Ca+2]. The fourth-order valence-corrected chi connectivity index (χ4v) is 0.794. The van der Waals surface area contributed by atoms with Crippen molar-refractivity contribution in [2.24, 2.45) is 11.5 Å². The van der Waals surface area contributed by atoms with Crippen LogP contribution >= 0.6 is 0 Å². The van der Waals surface area contributed by atoms with Crippen molar-refractivity contribution in [1.29, 1.82) is 0 Å². The number of carboxylic acid groups (broad SMARTS) is 4. The van der Waals surface area contributed by atoms with Gasteiger partial charge >= 0.3 is 49.7 Å². The Morgan fingerprint density at radius 3 is 1.18 bits per heavy atom. The van der Waals surface area contributed by atoms with Crippen molar-refractivity contribution in [3.63, 3.8) is 0 Å². The summed E-state index contributed by atoms with van der Waals surface area (Å²) in [6, 6.07) is -2.34. The second-order valence-corrected chi connectivity index (χ2v) is 3.72. The zero-order valence-electron chi connectivity index (χ0n) is 11.7. The van der Waals surface area contributed by atoms with E-state index in [9.17, 15) is 29.4 Å². The molecule has 12 heteroatoms. The summed E-state index contributed by atoms with van der Waals surface area (Å²) in [5.74, 6) is -4.95. The maximum absolute atomic E-state index is 9.88. The Morgan fingerprint density at radius 2 is 1.05 bits per heavy atom. The first kappa shape index (κ1) is 29.1. The molecule has 11 nitrogen and oxygen atoms in total. The standard InChI is InChI=1S/2C5H9NO4.Ca.H2O/c2*6-3(5(9)10)1-2-4(7)8;;/h2*3H,1-2,6H2,(H,7,8)(H,9,10);;1H2/q;;+2;/p-2/t2*3-;;/m00../s1. The van der Waals surface area contributed by atoms with E-state index in [1.54, 1.807) is 0 Å². The van der Waals surface area contributed by atoms with Gasteiger partial charge < -0.3 is 47.0 Å². The van der Waals surface area contributed by atoms with Gasteiger partial charge in [-0.3, -0.25) is 9.59 Å². The molecule has 0 aliphatic rings. The molecule has 0 amide bonds. The van der Waals surface area contributed by atoms with Gasteiger partial charge in [0.2, 0.25) is 0 Å². The van der Waals surface area contributed by atoms with Crippen LogP contribution in [0.25, 0.3) is 0 Å². The molecule has 0 rings (SSSR count). The normalized spacial score (nSPS) is 11.4. The first-order valence-corrected chi connectivity index (χ1v) is 5.44. The summed E-state index contributed by atoms with van der Waals surface area (Å²) in [5, 5.41) is 35.9.